The molecule has 11 heavy (non-hydrogen) atoms. The highest BCUT2D eigenvalue weighted by molar-refractivity contribution is 8.13. The van der Waals surface area contributed by atoms with E-state index in [-0.39, 0.29) is 10.5 Å². The Morgan fingerprint density at radius 3 is 2.55 bits per heavy atom. The molecule has 0 atom stereocenters. The van der Waals surface area contributed by atoms with E-state index in [9.17, 15) is 8.42 Å². The van der Waals surface area contributed by atoms with Gasteiger partial charge in [-0.2, -0.15) is 0 Å². The number of hydrogen-bond acceptors (Lipinski definition) is 3. The lowest BCUT2D eigenvalue weighted by atomic mass is 10.0. The van der Waals surface area contributed by atoms with Crippen molar-refractivity contribution in [2.45, 2.75) is 4.90 Å². The van der Waals surface area contributed by atoms with E-state index in [2.05, 4.69) is 4.98 Å². The van der Waals surface area contributed by atoms with Gasteiger partial charge in [-0.1, -0.05) is 0 Å². The van der Waals surface area contributed by atoms with Crippen LogP contribution in [0.3, 0.4) is 0 Å². The molecular weight excluding hydrogens is 184 g/mol. The van der Waals surface area contributed by atoms with Gasteiger partial charge < -0.3 is 0 Å². The third-order valence-electron chi connectivity index (χ3n) is 1.06. The van der Waals surface area contributed by atoms with Crippen LogP contribution in [0.4, 0.5) is 0 Å². The average Bonchev–Trinajstić information content (AvgIpc) is 1.86. The smallest absolute Gasteiger partial charge is 0.262 e. The fourth-order valence-electron chi connectivity index (χ4n) is 0.609. The fraction of sp³-hybridized carbons (Fsp3) is 0. The average molecular weight is 187 g/mol. The maximum absolute atomic E-state index is 10.7. The first-order valence-corrected chi connectivity index (χ1v) is 4.98. The van der Waals surface area contributed by atoms with Crippen molar-refractivity contribution in [3.63, 3.8) is 0 Å². The molecule has 0 saturated heterocycles. The SMILES string of the molecule is [B]c1ncccc1S(=O)(=O)Cl. The number of rotatable bonds is 1. The van der Waals surface area contributed by atoms with Crippen molar-refractivity contribution < 1.29 is 8.42 Å². The zero-order valence-corrected chi connectivity index (χ0v) is 6.93. The van der Waals surface area contributed by atoms with Crippen LogP contribution in [-0.4, -0.2) is 21.2 Å². The second kappa shape index (κ2) is 2.83. The van der Waals surface area contributed by atoms with E-state index >= 15 is 0 Å². The normalized spacial score (nSPS) is 11.4. The summed E-state index contributed by atoms with van der Waals surface area (Å²) in [6.45, 7) is 0. The molecule has 1 heterocycles. The Hall–Kier alpha value is -0.545. The molecule has 3 nitrogen and oxygen atoms in total. The van der Waals surface area contributed by atoms with Gasteiger partial charge in [-0.25, -0.2) is 8.42 Å². The van der Waals surface area contributed by atoms with Gasteiger partial charge in [0.1, 0.15) is 7.85 Å². The lowest BCUT2D eigenvalue weighted by Gasteiger charge is -1.97. The molecular formula is C5H3BClNO2S. The fourth-order valence-corrected chi connectivity index (χ4v) is 1.54. The van der Waals surface area contributed by atoms with Crippen molar-refractivity contribution in [2.75, 3.05) is 0 Å². The van der Waals surface area contributed by atoms with Crippen molar-refractivity contribution in [1.29, 1.82) is 0 Å². The van der Waals surface area contributed by atoms with Crippen LogP contribution >= 0.6 is 10.7 Å². The monoisotopic (exact) mass is 187 g/mol. The highest BCUT2D eigenvalue weighted by atomic mass is 35.7. The lowest BCUT2D eigenvalue weighted by Crippen LogP contribution is -2.15. The quantitative estimate of drug-likeness (QED) is 0.452. The lowest BCUT2D eigenvalue weighted by molar-refractivity contribution is 0.610. The Morgan fingerprint density at radius 1 is 1.55 bits per heavy atom. The summed E-state index contributed by atoms with van der Waals surface area (Å²) >= 11 is 0. The molecule has 1 aromatic rings. The molecule has 1 rings (SSSR count). The van der Waals surface area contributed by atoms with Crippen LogP contribution in [0.25, 0.3) is 0 Å². The van der Waals surface area contributed by atoms with Crippen molar-refractivity contribution in [3.05, 3.63) is 18.3 Å². The summed E-state index contributed by atoms with van der Waals surface area (Å²) in [5.41, 5.74) is -0.0810. The van der Waals surface area contributed by atoms with E-state index in [1.54, 1.807) is 0 Å². The minimum atomic E-state index is -3.75. The standard InChI is InChI=1S/C5H3BClNO2S/c6-5-4(11(7,9)10)2-1-3-8-5/h1-3H. The summed E-state index contributed by atoms with van der Waals surface area (Å²) in [6.07, 6.45) is 1.39. The zero-order valence-electron chi connectivity index (χ0n) is 5.36. The van der Waals surface area contributed by atoms with Crippen LogP contribution < -0.4 is 5.59 Å². The third-order valence-corrected chi connectivity index (χ3v) is 2.43. The topological polar surface area (TPSA) is 47.0 Å². The molecule has 0 bridgehead atoms. The first-order valence-electron chi connectivity index (χ1n) is 2.67. The molecule has 0 N–H and O–H groups in total. The number of hydrogen-bond donors (Lipinski definition) is 0. The van der Waals surface area contributed by atoms with Gasteiger partial charge in [-0.05, 0) is 12.1 Å². The van der Waals surface area contributed by atoms with Gasteiger partial charge in [0.05, 0.1) is 4.90 Å². The van der Waals surface area contributed by atoms with E-state index in [1.807, 2.05) is 0 Å². The highest BCUT2D eigenvalue weighted by Gasteiger charge is 2.11. The van der Waals surface area contributed by atoms with Gasteiger partial charge in [0.2, 0.25) is 0 Å². The molecule has 0 aliphatic heterocycles. The molecule has 0 aromatic carbocycles. The van der Waals surface area contributed by atoms with Crippen LogP contribution in [0.1, 0.15) is 0 Å². The molecule has 2 radical (unpaired) electrons. The summed E-state index contributed by atoms with van der Waals surface area (Å²) in [4.78, 5) is 3.41. The minimum absolute atomic E-state index is 0.0810. The first kappa shape index (κ1) is 8.55. The van der Waals surface area contributed by atoms with Crippen LogP contribution in [0.5, 0.6) is 0 Å². The largest absolute Gasteiger partial charge is 0.272 e. The van der Waals surface area contributed by atoms with Crippen LogP contribution in [0.15, 0.2) is 23.2 Å². The van der Waals surface area contributed by atoms with E-state index in [1.165, 1.54) is 18.3 Å². The molecule has 0 fully saturated rings. The molecule has 0 saturated carbocycles. The summed E-state index contributed by atoms with van der Waals surface area (Å²) in [5, 5.41) is 0. The Morgan fingerprint density at radius 2 is 2.18 bits per heavy atom. The minimum Gasteiger partial charge on any atom is -0.272 e. The second-order valence-corrected chi connectivity index (χ2v) is 4.36. The van der Waals surface area contributed by atoms with Crippen molar-refractivity contribution in [2.24, 2.45) is 0 Å². The molecule has 1 aromatic heterocycles. The van der Waals surface area contributed by atoms with Gasteiger partial charge in [-0.15, -0.1) is 0 Å². The van der Waals surface area contributed by atoms with Crippen molar-refractivity contribution in [3.8, 4) is 0 Å². The van der Waals surface area contributed by atoms with Crippen LogP contribution in [0, 0.1) is 0 Å². The van der Waals surface area contributed by atoms with Crippen molar-refractivity contribution >= 4 is 33.2 Å². The third kappa shape index (κ3) is 1.94. The first-order chi connectivity index (χ1) is 5.02. The number of halogens is 1. The van der Waals surface area contributed by atoms with Gasteiger partial charge in [-0.3, -0.25) is 4.98 Å². The summed E-state index contributed by atoms with van der Waals surface area (Å²) < 4.78 is 21.4. The van der Waals surface area contributed by atoms with E-state index in [4.69, 9.17) is 18.5 Å². The van der Waals surface area contributed by atoms with E-state index in [0.29, 0.717) is 0 Å². The maximum Gasteiger partial charge on any atom is 0.262 e. The van der Waals surface area contributed by atoms with Gasteiger partial charge in [0.15, 0.2) is 0 Å². The van der Waals surface area contributed by atoms with Gasteiger partial charge >= 0.3 is 0 Å². The number of nitrogens with zero attached hydrogens (tertiary/aromatic N) is 1. The predicted octanol–water partition coefficient (Wildman–Crippen LogP) is -0.197. The molecule has 0 aliphatic rings. The Labute approximate surface area is 70.2 Å². The molecule has 0 spiro atoms. The van der Waals surface area contributed by atoms with Crippen molar-refractivity contribution in [1.82, 2.24) is 4.98 Å². The van der Waals surface area contributed by atoms with Crippen LogP contribution in [0.2, 0.25) is 0 Å². The van der Waals surface area contributed by atoms with Crippen LogP contribution in [-0.2, 0) is 9.05 Å². The zero-order chi connectivity index (χ0) is 8.48. The molecule has 0 aliphatic carbocycles. The summed E-state index contributed by atoms with van der Waals surface area (Å²) in [6, 6.07) is 2.75. The second-order valence-electron chi connectivity index (χ2n) is 1.82. The highest BCUT2D eigenvalue weighted by Crippen LogP contribution is 2.09. The molecule has 0 unspecified atom stereocenters. The summed E-state index contributed by atoms with van der Waals surface area (Å²) in [7, 11) is 6.50. The maximum atomic E-state index is 10.7. The molecule has 0 amide bonds. The molecule has 6 heteroatoms. The van der Waals surface area contributed by atoms with Gasteiger partial charge in [0.25, 0.3) is 9.05 Å². The number of pyridine rings is 1. The van der Waals surface area contributed by atoms with Gasteiger partial charge in [0, 0.05) is 22.5 Å². The Balaban J connectivity index is 3.37. The number of aromatic nitrogens is 1. The Kier molecular flexibility index (Phi) is 2.20. The Bertz CT molecular complexity index is 365. The van der Waals surface area contributed by atoms with E-state index < -0.39 is 9.05 Å². The van der Waals surface area contributed by atoms with E-state index in [0.717, 1.165) is 0 Å². The predicted molar refractivity (Wildman–Crippen MR) is 42.7 cm³/mol. The summed E-state index contributed by atoms with van der Waals surface area (Å²) in [5.74, 6) is 0. The molecule has 56 valence electrons.